The Morgan fingerprint density at radius 1 is 1.67 bits per heavy atom. The van der Waals surface area contributed by atoms with E-state index in [4.69, 9.17) is 5.26 Å². The van der Waals surface area contributed by atoms with Crippen LogP contribution in [-0.4, -0.2) is 9.97 Å². The summed E-state index contributed by atoms with van der Waals surface area (Å²) in [6.45, 7) is 1.90. The van der Waals surface area contributed by atoms with Crippen LogP contribution in [0.5, 0.6) is 0 Å². The largest absolute Gasteiger partial charge is 0.346 e. The Morgan fingerprint density at radius 3 is 2.75 bits per heavy atom. The summed E-state index contributed by atoms with van der Waals surface area (Å²) in [7, 11) is 0. The molecule has 0 aliphatic heterocycles. The van der Waals surface area contributed by atoms with Gasteiger partial charge in [-0.05, 0) is 6.92 Å². The lowest BCUT2D eigenvalue weighted by Crippen LogP contribution is -2.02. The molecule has 0 amide bonds. The maximum Gasteiger partial charge on any atom is 0.103 e. The minimum atomic E-state index is 0.557. The monoisotopic (exact) mass is 167 g/mol. The Morgan fingerprint density at radius 2 is 2.33 bits per heavy atom. The molecule has 66 valence electrons. The number of nitriles is 1. The molecule has 0 saturated heterocycles. The minimum absolute atomic E-state index is 0.557. The summed E-state index contributed by atoms with van der Waals surface area (Å²) in [4.78, 5) is 7.05. The number of H-pyrrole nitrogens is 1. The van der Waals surface area contributed by atoms with Crippen LogP contribution < -0.4 is 11.7 Å². The van der Waals surface area contributed by atoms with Crippen molar-refractivity contribution in [3.8, 4) is 6.07 Å². The molecule has 0 bridgehead atoms. The third kappa shape index (κ3) is 3.71. The summed E-state index contributed by atoms with van der Waals surface area (Å²) in [6.07, 6.45) is 3.10. The van der Waals surface area contributed by atoms with Gasteiger partial charge in [-0.15, -0.1) is 0 Å². The second-order valence-corrected chi connectivity index (χ2v) is 2.15. The summed E-state index contributed by atoms with van der Waals surface area (Å²) >= 11 is 0. The first-order valence-electron chi connectivity index (χ1n) is 3.53. The van der Waals surface area contributed by atoms with Crippen LogP contribution in [0.2, 0.25) is 0 Å². The molecule has 0 aliphatic rings. The van der Waals surface area contributed by atoms with Gasteiger partial charge >= 0.3 is 0 Å². The summed E-state index contributed by atoms with van der Waals surface area (Å²) in [5.74, 6) is 8.91. The average molecular weight is 167 g/mol. The van der Waals surface area contributed by atoms with Crippen molar-refractivity contribution in [3.63, 3.8) is 0 Å². The molecule has 5 nitrogen and oxygen atoms in total. The Bertz CT molecular complexity index is 247. The van der Waals surface area contributed by atoms with Gasteiger partial charge in [0.2, 0.25) is 0 Å². The third-order valence-corrected chi connectivity index (χ3v) is 1.26. The predicted molar refractivity (Wildman–Crippen MR) is 45.6 cm³/mol. The number of aryl methyl sites for hydroxylation is 2. The van der Waals surface area contributed by atoms with Crippen LogP contribution in [0.15, 0.2) is 6.20 Å². The molecular formula is C7H13N5. The van der Waals surface area contributed by atoms with E-state index in [9.17, 15) is 0 Å². The van der Waals surface area contributed by atoms with Gasteiger partial charge in [-0.25, -0.2) is 4.98 Å². The fourth-order valence-corrected chi connectivity index (χ4v) is 0.789. The van der Waals surface area contributed by atoms with Crippen LogP contribution >= 0.6 is 0 Å². The zero-order chi connectivity index (χ0) is 9.40. The quantitative estimate of drug-likeness (QED) is 0.425. The van der Waals surface area contributed by atoms with Gasteiger partial charge in [0, 0.05) is 24.7 Å². The number of imidazole rings is 1. The fourth-order valence-electron chi connectivity index (χ4n) is 0.789. The second-order valence-electron chi connectivity index (χ2n) is 2.15. The Balaban J connectivity index is 0.000000561. The van der Waals surface area contributed by atoms with Crippen molar-refractivity contribution in [1.82, 2.24) is 9.97 Å². The van der Waals surface area contributed by atoms with Gasteiger partial charge in [0.05, 0.1) is 6.07 Å². The first kappa shape index (κ1) is 10.6. The maximum atomic E-state index is 8.25. The van der Waals surface area contributed by atoms with Gasteiger partial charge in [-0.2, -0.15) is 5.26 Å². The number of hydrogen-bond donors (Lipinski definition) is 3. The normalized spacial score (nSPS) is 8.17. The molecule has 5 N–H and O–H groups in total. The number of aromatic amines is 1. The van der Waals surface area contributed by atoms with E-state index in [0.29, 0.717) is 6.42 Å². The first-order chi connectivity index (χ1) is 5.83. The van der Waals surface area contributed by atoms with E-state index in [0.717, 1.165) is 17.9 Å². The molecule has 0 fully saturated rings. The Hall–Kier alpha value is -1.38. The zero-order valence-corrected chi connectivity index (χ0v) is 7.04. The highest BCUT2D eigenvalue weighted by molar-refractivity contribution is 5.01. The topological polar surface area (TPSA) is 105 Å². The van der Waals surface area contributed by atoms with Crippen LogP contribution in [0.4, 0.5) is 0 Å². The molecule has 0 spiro atoms. The lowest BCUT2D eigenvalue weighted by Gasteiger charge is -1.86. The molecule has 12 heavy (non-hydrogen) atoms. The van der Waals surface area contributed by atoms with Crippen LogP contribution in [0.1, 0.15) is 17.9 Å². The van der Waals surface area contributed by atoms with Crippen molar-refractivity contribution >= 4 is 0 Å². The maximum absolute atomic E-state index is 8.25. The molecule has 0 aromatic carbocycles. The molecule has 0 radical (unpaired) electrons. The lowest BCUT2D eigenvalue weighted by molar-refractivity contribution is 0.958. The molecular weight excluding hydrogens is 154 g/mol. The molecule has 1 heterocycles. The molecule has 1 aromatic rings. The molecule has 1 rings (SSSR count). The molecule has 0 unspecified atom stereocenters. The molecule has 0 saturated carbocycles. The van der Waals surface area contributed by atoms with E-state index in [1.807, 2.05) is 6.92 Å². The number of rotatable bonds is 2. The molecule has 0 atom stereocenters. The summed E-state index contributed by atoms with van der Waals surface area (Å²) in [5, 5.41) is 8.25. The summed E-state index contributed by atoms with van der Waals surface area (Å²) in [6, 6.07) is 2.08. The average Bonchev–Trinajstić information content (AvgIpc) is 2.51. The number of hydrazine groups is 1. The van der Waals surface area contributed by atoms with Gasteiger partial charge in [0.1, 0.15) is 5.82 Å². The number of nitrogens with zero attached hydrogens (tertiary/aromatic N) is 2. The number of hydrogen-bond acceptors (Lipinski definition) is 4. The number of nitrogens with two attached hydrogens (primary N) is 2. The fraction of sp³-hybridized carbons (Fsp3) is 0.429. The molecule has 1 aromatic heterocycles. The zero-order valence-electron chi connectivity index (χ0n) is 7.04. The minimum Gasteiger partial charge on any atom is -0.346 e. The lowest BCUT2D eigenvalue weighted by atomic mass is 10.3. The van der Waals surface area contributed by atoms with Gasteiger partial charge in [0.15, 0.2) is 0 Å². The number of aromatic nitrogens is 2. The van der Waals surface area contributed by atoms with Crippen LogP contribution in [0, 0.1) is 18.3 Å². The standard InChI is InChI=1S/C7H9N3.H4N2/c1-6-9-5-7(10-6)3-2-4-8;1-2/h5H,2-3H2,1H3,(H,9,10);1-2H2. The summed E-state index contributed by atoms with van der Waals surface area (Å²) < 4.78 is 0. The van der Waals surface area contributed by atoms with Crippen LogP contribution in [0.3, 0.4) is 0 Å². The summed E-state index contributed by atoms with van der Waals surface area (Å²) in [5.41, 5.74) is 1.04. The van der Waals surface area contributed by atoms with E-state index in [2.05, 4.69) is 27.7 Å². The van der Waals surface area contributed by atoms with Crippen molar-refractivity contribution in [3.05, 3.63) is 17.7 Å². The van der Waals surface area contributed by atoms with Crippen molar-refractivity contribution in [2.24, 2.45) is 11.7 Å². The van der Waals surface area contributed by atoms with E-state index in [-0.39, 0.29) is 0 Å². The van der Waals surface area contributed by atoms with E-state index in [1.165, 1.54) is 0 Å². The smallest absolute Gasteiger partial charge is 0.103 e. The van der Waals surface area contributed by atoms with Crippen molar-refractivity contribution in [2.45, 2.75) is 19.8 Å². The molecule has 5 heteroatoms. The van der Waals surface area contributed by atoms with Gasteiger partial charge in [-0.3, -0.25) is 11.7 Å². The SMILES string of the molecule is Cc1ncc(CCC#N)[nH]1.NN. The van der Waals surface area contributed by atoms with Crippen LogP contribution in [0.25, 0.3) is 0 Å². The van der Waals surface area contributed by atoms with E-state index in [1.54, 1.807) is 6.20 Å². The van der Waals surface area contributed by atoms with Gasteiger partial charge in [0.25, 0.3) is 0 Å². The Labute approximate surface area is 71.4 Å². The second kappa shape index (κ2) is 6.34. The van der Waals surface area contributed by atoms with Gasteiger partial charge in [-0.1, -0.05) is 0 Å². The van der Waals surface area contributed by atoms with E-state index < -0.39 is 0 Å². The predicted octanol–water partition coefficient (Wildman–Crippen LogP) is -0.00690. The van der Waals surface area contributed by atoms with E-state index >= 15 is 0 Å². The van der Waals surface area contributed by atoms with Crippen molar-refractivity contribution in [2.75, 3.05) is 0 Å². The highest BCUT2D eigenvalue weighted by Crippen LogP contribution is 1.98. The van der Waals surface area contributed by atoms with Crippen molar-refractivity contribution < 1.29 is 0 Å². The first-order valence-corrected chi connectivity index (χ1v) is 3.53. The number of nitrogens with one attached hydrogen (secondary N) is 1. The third-order valence-electron chi connectivity index (χ3n) is 1.26. The highest BCUT2D eigenvalue weighted by Gasteiger charge is 1.93. The highest BCUT2D eigenvalue weighted by atomic mass is 15.0. The molecule has 0 aliphatic carbocycles. The Kier molecular flexibility index (Phi) is 5.61. The van der Waals surface area contributed by atoms with Crippen LogP contribution in [-0.2, 0) is 6.42 Å². The van der Waals surface area contributed by atoms with Gasteiger partial charge < -0.3 is 4.98 Å². The van der Waals surface area contributed by atoms with Crippen molar-refractivity contribution in [1.29, 1.82) is 5.26 Å².